The second-order valence-corrected chi connectivity index (χ2v) is 12.3. The van der Waals surface area contributed by atoms with Crippen molar-refractivity contribution in [1.82, 2.24) is 19.9 Å². The van der Waals surface area contributed by atoms with Crippen LogP contribution < -0.4 is 15.4 Å². The summed E-state index contributed by atoms with van der Waals surface area (Å²) in [5, 5.41) is 0.876. The summed E-state index contributed by atoms with van der Waals surface area (Å²) in [5.41, 5.74) is 6.75. The van der Waals surface area contributed by atoms with Gasteiger partial charge in [-0.3, -0.25) is 4.90 Å². The molecule has 40 heavy (non-hydrogen) atoms. The molecular weight excluding hydrogens is 554 g/mol. The number of anilines is 2. The molecule has 7 nitrogen and oxygen atoms in total. The smallest absolute Gasteiger partial charge is 0.319 e. The lowest BCUT2D eigenvalue weighted by Gasteiger charge is -2.31. The van der Waals surface area contributed by atoms with E-state index in [-0.39, 0.29) is 43.0 Å². The molecule has 4 aromatic rings. The standard InChI is InChI=1S/C29H29ClF2N6OS/c30-19-15-18-23(22(32)21(19)17-7-8-20(31)25-24(17)34-27(33)40-25)35-28(36-26(18)37-11-3-1-2-4-12-37)39-16-29-9-5-13-38(29)14-6-10-29/h1-2,7-8,15H,3-6,9-14,16H2,(H2,33,34). The fourth-order valence-electron chi connectivity index (χ4n) is 6.59. The van der Waals surface area contributed by atoms with Crippen molar-refractivity contribution in [2.45, 2.75) is 44.1 Å². The van der Waals surface area contributed by atoms with Crippen LogP contribution in [0.5, 0.6) is 6.01 Å². The molecule has 2 N–H and O–H groups in total. The predicted octanol–water partition coefficient (Wildman–Crippen LogP) is 6.58. The molecule has 0 unspecified atom stereocenters. The number of fused-ring (bicyclic) bond motifs is 3. The van der Waals surface area contributed by atoms with Crippen LogP contribution in [0.25, 0.3) is 32.2 Å². The van der Waals surface area contributed by atoms with Crippen molar-refractivity contribution < 1.29 is 13.5 Å². The summed E-state index contributed by atoms with van der Waals surface area (Å²) in [6.07, 6.45) is 10.5. The van der Waals surface area contributed by atoms with Gasteiger partial charge >= 0.3 is 6.01 Å². The fourth-order valence-corrected chi connectivity index (χ4v) is 7.64. The van der Waals surface area contributed by atoms with Gasteiger partial charge in [0.15, 0.2) is 10.9 Å². The minimum absolute atomic E-state index is 0.00102. The Bertz CT molecular complexity index is 1640. The Balaban J connectivity index is 1.38. The van der Waals surface area contributed by atoms with E-state index in [1.54, 1.807) is 6.07 Å². The highest BCUT2D eigenvalue weighted by molar-refractivity contribution is 7.22. The van der Waals surface area contributed by atoms with Gasteiger partial charge in [0.2, 0.25) is 0 Å². The molecule has 208 valence electrons. The highest BCUT2D eigenvalue weighted by Gasteiger charge is 2.45. The molecule has 2 aromatic carbocycles. The number of benzene rings is 2. The maximum Gasteiger partial charge on any atom is 0.319 e. The van der Waals surface area contributed by atoms with Gasteiger partial charge in [-0.2, -0.15) is 9.97 Å². The van der Waals surface area contributed by atoms with Crippen molar-refractivity contribution in [3.63, 3.8) is 0 Å². The van der Waals surface area contributed by atoms with E-state index in [0.717, 1.165) is 76.0 Å². The van der Waals surface area contributed by atoms with E-state index in [1.807, 2.05) is 0 Å². The van der Waals surface area contributed by atoms with Crippen molar-refractivity contribution in [2.75, 3.05) is 43.4 Å². The van der Waals surface area contributed by atoms with Crippen LogP contribution in [0, 0.1) is 11.6 Å². The molecule has 0 radical (unpaired) electrons. The number of hydrogen-bond donors (Lipinski definition) is 1. The summed E-state index contributed by atoms with van der Waals surface area (Å²) in [7, 11) is 0. The minimum Gasteiger partial charge on any atom is -0.461 e. The zero-order valence-electron chi connectivity index (χ0n) is 21.9. The van der Waals surface area contributed by atoms with Crippen LogP contribution in [0.3, 0.4) is 0 Å². The van der Waals surface area contributed by atoms with Crippen molar-refractivity contribution in [2.24, 2.45) is 0 Å². The van der Waals surface area contributed by atoms with Crippen molar-refractivity contribution in [1.29, 1.82) is 0 Å². The summed E-state index contributed by atoms with van der Waals surface area (Å²) >= 11 is 7.79. The molecule has 0 spiro atoms. The molecule has 3 aliphatic heterocycles. The van der Waals surface area contributed by atoms with Gasteiger partial charge in [0.1, 0.15) is 23.8 Å². The van der Waals surface area contributed by atoms with Crippen LogP contribution >= 0.6 is 22.9 Å². The van der Waals surface area contributed by atoms with Crippen LogP contribution in [0.15, 0.2) is 30.4 Å². The van der Waals surface area contributed by atoms with Crippen LogP contribution in [0.2, 0.25) is 5.02 Å². The van der Waals surface area contributed by atoms with E-state index in [9.17, 15) is 4.39 Å². The Morgan fingerprint density at radius 2 is 1.75 bits per heavy atom. The van der Waals surface area contributed by atoms with Crippen molar-refractivity contribution in [3.05, 3.63) is 47.0 Å². The number of ether oxygens (including phenoxy) is 1. The Morgan fingerprint density at radius 1 is 1.00 bits per heavy atom. The van der Waals surface area contributed by atoms with Crippen LogP contribution in [0.1, 0.15) is 38.5 Å². The third-order valence-electron chi connectivity index (χ3n) is 8.50. The van der Waals surface area contributed by atoms with E-state index in [2.05, 4.69) is 31.9 Å². The molecule has 0 saturated carbocycles. The first-order valence-electron chi connectivity index (χ1n) is 13.8. The Hall–Kier alpha value is -3.08. The lowest BCUT2D eigenvalue weighted by atomic mass is 9.95. The summed E-state index contributed by atoms with van der Waals surface area (Å²) in [6.45, 7) is 4.10. The number of nitrogen functional groups attached to an aromatic ring is 1. The number of halogens is 3. The van der Waals surface area contributed by atoms with Gasteiger partial charge in [-0.15, -0.1) is 0 Å². The van der Waals surface area contributed by atoms with Gasteiger partial charge < -0.3 is 15.4 Å². The third-order valence-corrected chi connectivity index (χ3v) is 9.69. The Morgan fingerprint density at radius 3 is 2.50 bits per heavy atom. The number of thiazole rings is 1. The highest BCUT2D eigenvalue weighted by atomic mass is 35.5. The molecule has 5 heterocycles. The average molecular weight is 583 g/mol. The van der Waals surface area contributed by atoms with Crippen molar-refractivity contribution >= 4 is 55.0 Å². The average Bonchev–Trinajstić information content (AvgIpc) is 3.57. The van der Waals surface area contributed by atoms with Gasteiger partial charge in [-0.25, -0.2) is 13.8 Å². The van der Waals surface area contributed by atoms with E-state index in [0.29, 0.717) is 23.4 Å². The van der Waals surface area contributed by atoms with E-state index in [1.165, 1.54) is 12.1 Å². The molecule has 2 fully saturated rings. The third kappa shape index (κ3) is 4.28. The number of nitrogens with two attached hydrogens (primary N) is 1. The highest BCUT2D eigenvalue weighted by Crippen LogP contribution is 2.43. The van der Waals surface area contributed by atoms with Gasteiger partial charge in [0.25, 0.3) is 0 Å². The first-order valence-corrected chi connectivity index (χ1v) is 15.0. The largest absolute Gasteiger partial charge is 0.461 e. The zero-order chi connectivity index (χ0) is 27.4. The quantitative estimate of drug-likeness (QED) is 0.266. The number of hydrogen-bond acceptors (Lipinski definition) is 8. The molecule has 2 saturated heterocycles. The maximum atomic E-state index is 16.6. The molecule has 0 bridgehead atoms. The maximum absolute atomic E-state index is 16.6. The van der Waals surface area contributed by atoms with E-state index >= 15 is 4.39 Å². The summed E-state index contributed by atoms with van der Waals surface area (Å²) in [4.78, 5) is 18.4. The fraction of sp³-hybridized carbons (Fsp3) is 0.414. The molecular formula is C29H29ClF2N6OS. The van der Waals surface area contributed by atoms with E-state index < -0.39 is 11.6 Å². The SMILES string of the molecule is Nc1nc2c(-c3c(Cl)cc4c(N5CCC=CCC5)nc(OCC56CCCN5CCC6)nc4c3F)ccc(F)c2s1. The van der Waals surface area contributed by atoms with Gasteiger partial charge in [-0.05, 0) is 69.8 Å². The lowest BCUT2D eigenvalue weighted by molar-refractivity contribution is 0.108. The normalized spacial score (nSPS) is 19.0. The van der Waals surface area contributed by atoms with Crippen LogP contribution in [0.4, 0.5) is 19.7 Å². The summed E-state index contributed by atoms with van der Waals surface area (Å²) < 4.78 is 37.7. The predicted molar refractivity (Wildman–Crippen MR) is 156 cm³/mol. The molecule has 11 heteroatoms. The first-order chi connectivity index (χ1) is 19.4. The molecule has 0 aliphatic carbocycles. The molecule has 3 aliphatic rings. The topological polar surface area (TPSA) is 80.4 Å². The van der Waals surface area contributed by atoms with E-state index in [4.69, 9.17) is 27.1 Å². The molecule has 7 rings (SSSR count). The van der Waals surface area contributed by atoms with Crippen LogP contribution in [-0.4, -0.2) is 58.2 Å². The number of rotatable bonds is 5. The zero-order valence-corrected chi connectivity index (χ0v) is 23.5. The van der Waals surface area contributed by atoms with Crippen LogP contribution in [-0.2, 0) is 0 Å². The Kier molecular flexibility index (Phi) is 6.52. The lowest BCUT2D eigenvalue weighted by Crippen LogP contribution is -2.43. The molecule has 0 amide bonds. The molecule has 2 aromatic heterocycles. The number of aromatic nitrogens is 3. The first kappa shape index (κ1) is 25.9. The van der Waals surface area contributed by atoms with Crippen molar-refractivity contribution in [3.8, 4) is 17.1 Å². The number of nitrogens with zero attached hydrogens (tertiary/aromatic N) is 5. The summed E-state index contributed by atoms with van der Waals surface area (Å²) in [5.74, 6) is -0.483. The van der Waals surface area contributed by atoms with Gasteiger partial charge in [-0.1, -0.05) is 35.1 Å². The second kappa shape index (κ2) is 10.1. The summed E-state index contributed by atoms with van der Waals surface area (Å²) in [6, 6.07) is 4.63. The monoisotopic (exact) mass is 582 g/mol. The Labute approximate surface area is 239 Å². The minimum atomic E-state index is -0.620. The molecule has 0 atom stereocenters. The van der Waals surface area contributed by atoms with Gasteiger partial charge in [0.05, 0.1) is 20.8 Å². The van der Waals surface area contributed by atoms with Gasteiger partial charge in [0, 0.05) is 29.6 Å². The second-order valence-electron chi connectivity index (χ2n) is 10.8.